The van der Waals surface area contributed by atoms with Gasteiger partial charge in [-0.05, 0) is 6.07 Å². The van der Waals surface area contributed by atoms with Crippen LogP contribution in [0.1, 0.15) is 11.7 Å². The van der Waals surface area contributed by atoms with Crippen LogP contribution in [0.2, 0.25) is 5.02 Å². The molecule has 0 spiro atoms. The van der Waals surface area contributed by atoms with Crippen LogP contribution < -0.4 is 10.6 Å². The van der Waals surface area contributed by atoms with E-state index in [9.17, 15) is 9.90 Å². The molecule has 3 N–H and O–H groups in total. The van der Waals surface area contributed by atoms with E-state index in [1.54, 1.807) is 24.3 Å². The van der Waals surface area contributed by atoms with E-state index in [1.165, 1.54) is 0 Å². The molecule has 1 aliphatic rings. The zero-order valence-corrected chi connectivity index (χ0v) is 11.2. The van der Waals surface area contributed by atoms with Crippen molar-refractivity contribution in [1.29, 1.82) is 0 Å². The van der Waals surface area contributed by atoms with Gasteiger partial charge in [0.25, 0.3) is 5.91 Å². The van der Waals surface area contributed by atoms with Gasteiger partial charge in [0.15, 0.2) is 0 Å². The monoisotopic (exact) mass is 284 g/mol. The lowest BCUT2D eigenvalue weighted by Crippen LogP contribution is -2.48. The number of hydrogen-bond acceptors (Lipinski definition) is 4. The van der Waals surface area contributed by atoms with Crippen LogP contribution in [0.15, 0.2) is 24.3 Å². The zero-order valence-electron chi connectivity index (χ0n) is 10.4. The first-order chi connectivity index (χ1) is 9.18. The zero-order chi connectivity index (χ0) is 13.7. The Morgan fingerprint density at radius 1 is 1.58 bits per heavy atom. The van der Waals surface area contributed by atoms with Crippen molar-refractivity contribution >= 4 is 17.5 Å². The number of halogens is 1. The van der Waals surface area contributed by atoms with Gasteiger partial charge in [-0.25, -0.2) is 0 Å². The Morgan fingerprint density at radius 3 is 3.05 bits per heavy atom. The van der Waals surface area contributed by atoms with E-state index >= 15 is 0 Å². The highest BCUT2D eigenvalue weighted by Gasteiger charge is 2.22. The largest absolute Gasteiger partial charge is 0.387 e. The minimum Gasteiger partial charge on any atom is -0.387 e. The van der Waals surface area contributed by atoms with E-state index in [0.29, 0.717) is 23.7 Å². The number of ether oxygens (including phenoxy) is 1. The van der Waals surface area contributed by atoms with Crippen molar-refractivity contribution in [3.05, 3.63) is 34.9 Å². The molecule has 0 saturated carbocycles. The Kier molecular flexibility index (Phi) is 5.15. The predicted molar refractivity (Wildman–Crippen MR) is 72.0 cm³/mol. The molecule has 0 radical (unpaired) electrons. The molecule has 0 aromatic heterocycles. The molecular formula is C13H17ClN2O3. The summed E-state index contributed by atoms with van der Waals surface area (Å²) in [6.07, 6.45) is -1.32. The molecule has 0 bridgehead atoms. The fraction of sp³-hybridized carbons (Fsp3) is 0.462. The van der Waals surface area contributed by atoms with Crippen LogP contribution >= 0.6 is 11.6 Å². The second kappa shape index (κ2) is 6.86. The van der Waals surface area contributed by atoms with Crippen LogP contribution in [0.5, 0.6) is 0 Å². The van der Waals surface area contributed by atoms with E-state index in [2.05, 4.69) is 10.6 Å². The SMILES string of the molecule is O=C(NC[C@@H](O)c1ccccc1Cl)[C@@H]1CNCCO1. The van der Waals surface area contributed by atoms with Crippen molar-refractivity contribution in [2.24, 2.45) is 0 Å². The van der Waals surface area contributed by atoms with Gasteiger partial charge in [0, 0.05) is 30.2 Å². The summed E-state index contributed by atoms with van der Waals surface area (Å²) in [5.74, 6) is -0.224. The summed E-state index contributed by atoms with van der Waals surface area (Å²) >= 11 is 5.98. The number of carbonyl (C=O) groups excluding carboxylic acids is 1. The smallest absolute Gasteiger partial charge is 0.250 e. The maximum absolute atomic E-state index is 11.8. The number of morpholine rings is 1. The second-order valence-electron chi connectivity index (χ2n) is 4.35. The van der Waals surface area contributed by atoms with Crippen LogP contribution in [0, 0.1) is 0 Å². The average molecular weight is 285 g/mol. The summed E-state index contributed by atoms with van der Waals surface area (Å²) in [5, 5.41) is 16.2. The molecule has 1 aromatic rings. The predicted octanol–water partition coefficient (Wildman–Crippen LogP) is 0.478. The van der Waals surface area contributed by atoms with Crippen molar-refractivity contribution in [3.8, 4) is 0 Å². The number of amides is 1. The van der Waals surface area contributed by atoms with Gasteiger partial charge in [-0.3, -0.25) is 4.79 Å². The van der Waals surface area contributed by atoms with Gasteiger partial charge in [0.05, 0.1) is 12.7 Å². The first kappa shape index (κ1) is 14.3. The van der Waals surface area contributed by atoms with E-state index in [1.807, 2.05) is 0 Å². The minimum absolute atomic E-state index is 0.114. The summed E-state index contributed by atoms with van der Waals surface area (Å²) < 4.78 is 5.32. The highest BCUT2D eigenvalue weighted by Crippen LogP contribution is 2.21. The summed E-state index contributed by atoms with van der Waals surface area (Å²) in [6, 6.07) is 7.02. The molecule has 0 unspecified atom stereocenters. The Balaban J connectivity index is 1.84. The lowest BCUT2D eigenvalue weighted by molar-refractivity contribution is -0.134. The van der Waals surface area contributed by atoms with E-state index in [0.717, 1.165) is 6.54 Å². The van der Waals surface area contributed by atoms with Gasteiger partial charge in [-0.2, -0.15) is 0 Å². The number of benzene rings is 1. The number of hydrogen-bond donors (Lipinski definition) is 3. The molecule has 1 aromatic carbocycles. The Hall–Kier alpha value is -1.14. The molecule has 1 fully saturated rings. The lowest BCUT2D eigenvalue weighted by Gasteiger charge is -2.23. The van der Waals surface area contributed by atoms with Crippen molar-refractivity contribution in [2.75, 3.05) is 26.2 Å². The third kappa shape index (κ3) is 3.91. The molecule has 104 valence electrons. The number of aliphatic hydroxyl groups is 1. The van der Waals surface area contributed by atoms with Crippen molar-refractivity contribution < 1.29 is 14.6 Å². The average Bonchev–Trinajstić information content (AvgIpc) is 2.46. The number of carbonyl (C=O) groups is 1. The van der Waals surface area contributed by atoms with Crippen molar-refractivity contribution in [2.45, 2.75) is 12.2 Å². The van der Waals surface area contributed by atoms with Crippen molar-refractivity contribution in [1.82, 2.24) is 10.6 Å². The maximum Gasteiger partial charge on any atom is 0.250 e. The van der Waals surface area contributed by atoms with Gasteiger partial charge in [-0.1, -0.05) is 29.8 Å². The van der Waals surface area contributed by atoms with Crippen LogP contribution in [-0.4, -0.2) is 43.4 Å². The van der Waals surface area contributed by atoms with Gasteiger partial charge in [0.2, 0.25) is 0 Å². The van der Waals surface area contributed by atoms with Gasteiger partial charge >= 0.3 is 0 Å². The molecular weight excluding hydrogens is 268 g/mol. The summed E-state index contributed by atoms with van der Waals surface area (Å²) in [4.78, 5) is 11.8. The molecule has 2 rings (SSSR count). The highest BCUT2D eigenvalue weighted by atomic mass is 35.5. The Bertz CT molecular complexity index is 436. The molecule has 1 heterocycles. The van der Waals surface area contributed by atoms with E-state index in [-0.39, 0.29) is 12.5 Å². The third-order valence-corrected chi connectivity index (χ3v) is 3.30. The third-order valence-electron chi connectivity index (χ3n) is 2.95. The second-order valence-corrected chi connectivity index (χ2v) is 4.75. The van der Waals surface area contributed by atoms with E-state index < -0.39 is 12.2 Å². The quantitative estimate of drug-likeness (QED) is 0.752. The molecule has 19 heavy (non-hydrogen) atoms. The molecule has 1 amide bonds. The highest BCUT2D eigenvalue weighted by molar-refractivity contribution is 6.31. The minimum atomic E-state index is -0.825. The first-order valence-electron chi connectivity index (χ1n) is 6.21. The fourth-order valence-electron chi connectivity index (χ4n) is 1.90. The molecule has 2 atom stereocenters. The number of rotatable bonds is 4. The fourth-order valence-corrected chi connectivity index (χ4v) is 2.16. The summed E-state index contributed by atoms with van der Waals surface area (Å²) in [7, 11) is 0. The van der Waals surface area contributed by atoms with Crippen LogP contribution in [0.4, 0.5) is 0 Å². The molecule has 1 saturated heterocycles. The summed E-state index contributed by atoms with van der Waals surface area (Å²) in [6.45, 7) is 1.88. The molecule has 0 aliphatic carbocycles. The Labute approximate surface area is 116 Å². The van der Waals surface area contributed by atoms with Crippen LogP contribution in [0.25, 0.3) is 0 Å². The van der Waals surface area contributed by atoms with Crippen LogP contribution in [-0.2, 0) is 9.53 Å². The first-order valence-corrected chi connectivity index (χ1v) is 6.59. The number of nitrogens with one attached hydrogen (secondary N) is 2. The van der Waals surface area contributed by atoms with Gasteiger partial charge in [-0.15, -0.1) is 0 Å². The van der Waals surface area contributed by atoms with Crippen molar-refractivity contribution in [3.63, 3.8) is 0 Å². The maximum atomic E-state index is 11.8. The number of aliphatic hydroxyl groups excluding tert-OH is 1. The van der Waals surface area contributed by atoms with Gasteiger partial charge < -0.3 is 20.5 Å². The summed E-state index contributed by atoms with van der Waals surface area (Å²) in [5.41, 5.74) is 0.604. The van der Waals surface area contributed by atoms with Gasteiger partial charge in [0.1, 0.15) is 6.10 Å². The van der Waals surface area contributed by atoms with Crippen LogP contribution in [0.3, 0.4) is 0 Å². The topological polar surface area (TPSA) is 70.6 Å². The molecule has 6 heteroatoms. The standard InChI is InChI=1S/C13H17ClN2O3/c14-10-4-2-1-3-9(10)11(17)7-16-13(18)12-8-15-5-6-19-12/h1-4,11-12,15,17H,5-8H2,(H,16,18)/t11-,12+/m1/s1. The molecule has 5 nitrogen and oxygen atoms in total. The Morgan fingerprint density at radius 2 is 2.37 bits per heavy atom. The lowest BCUT2D eigenvalue weighted by atomic mass is 10.1. The normalized spacial score (nSPS) is 20.8. The molecule has 1 aliphatic heterocycles. The van der Waals surface area contributed by atoms with E-state index in [4.69, 9.17) is 16.3 Å².